The summed E-state index contributed by atoms with van der Waals surface area (Å²) in [6.07, 6.45) is 0. The zero-order chi connectivity index (χ0) is 21.5. The monoisotopic (exact) mass is 441 g/mol. The minimum Gasteiger partial charge on any atom is -0.497 e. The van der Waals surface area contributed by atoms with Gasteiger partial charge in [0.25, 0.3) is 5.91 Å². The number of ether oxygens (including phenoxy) is 2. The van der Waals surface area contributed by atoms with E-state index in [0.29, 0.717) is 22.9 Å². The lowest BCUT2D eigenvalue weighted by molar-refractivity contribution is -0.122. The summed E-state index contributed by atoms with van der Waals surface area (Å²) in [6, 6.07) is 15.3. The van der Waals surface area contributed by atoms with Crippen LogP contribution in [-0.4, -0.2) is 37.2 Å². The number of hydrogen-bond acceptors (Lipinski definition) is 7. The lowest BCUT2D eigenvalue weighted by Crippen LogP contribution is -2.27. The maximum Gasteiger partial charge on any atom is 0.267 e. The highest BCUT2D eigenvalue weighted by molar-refractivity contribution is 8.19. The highest BCUT2D eigenvalue weighted by Crippen LogP contribution is 2.34. The molecule has 6 nitrogen and oxygen atoms in total. The Morgan fingerprint density at radius 1 is 1.20 bits per heavy atom. The maximum absolute atomic E-state index is 12.7. The van der Waals surface area contributed by atoms with Gasteiger partial charge in [-0.3, -0.25) is 15.1 Å². The molecule has 1 amide bonds. The van der Waals surface area contributed by atoms with Crippen LogP contribution in [0, 0.1) is 5.41 Å². The second-order valence-corrected chi connectivity index (χ2v) is 8.02. The van der Waals surface area contributed by atoms with E-state index in [1.54, 1.807) is 19.6 Å². The maximum atomic E-state index is 12.7. The van der Waals surface area contributed by atoms with E-state index in [4.69, 9.17) is 14.9 Å². The Labute approximate surface area is 184 Å². The van der Waals surface area contributed by atoms with Crippen LogP contribution in [0.4, 0.5) is 0 Å². The van der Waals surface area contributed by atoms with Crippen molar-refractivity contribution in [2.45, 2.75) is 6.54 Å². The Bertz CT molecular complexity index is 990. The summed E-state index contributed by atoms with van der Waals surface area (Å²) in [4.78, 5) is 14.7. The van der Waals surface area contributed by atoms with Crippen LogP contribution in [0.2, 0.25) is 0 Å². The standard InChI is InChI=1S/C22H23N3O3S2/c1-24-18(17-10-9-16(27-2)11-19(17)28-3)13-29-14-20-21(26)25(22(23)30-20)12-15-7-5-4-6-8-15/h4-11,13-14,23-24H,12H2,1-3H3/b18-13-,20-14-,23-22?. The van der Waals surface area contributed by atoms with Crippen molar-refractivity contribution in [3.8, 4) is 11.5 Å². The minimum atomic E-state index is -0.150. The Morgan fingerprint density at radius 3 is 2.63 bits per heavy atom. The zero-order valence-electron chi connectivity index (χ0n) is 17.0. The molecule has 1 aliphatic rings. The molecule has 1 saturated heterocycles. The third-order valence-electron chi connectivity index (χ3n) is 4.42. The van der Waals surface area contributed by atoms with Crippen molar-refractivity contribution >= 4 is 40.3 Å². The summed E-state index contributed by atoms with van der Waals surface area (Å²) in [5, 5.41) is 15.3. The third kappa shape index (κ3) is 5.01. The molecule has 3 rings (SSSR count). The van der Waals surface area contributed by atoms with Crippen LogP contribution in [0.15, 0.2) is 64.3 Å². The predicted octanol–water partition coefficient (Wildman–Crippen LogP) is 4.51. The molecule has 0 saturated carbocycles. The van der Waals surface area contributed by atoms with Gasteiger partial charge in [-0.2, -0.15) is 0 Å². The Balaban J connectivity index is 1.74. The van der Waals surface area contributed by atoms with Crippen LogP contribution < -0.4 is 14.8 Å². The molecule has 2 N–H and O–H groups in total. The number of benzene rings is 2. The summed E-state index contributed by atoms with van der Waals surface area (Å²) in [7, 11) is 5.05. The summed E-state index contributed by atoms with van der Waals surface area (Å²) in [5.41, 5.74) is 2.73. The quantitative estimate of drug-likeness (QED) is 0.587. The number of hydrogen-bond donors (Lipinski definition) is 2. The van der Waals surface area contributed by atoms with Gasteiger partial charge in [-0.1, -0.05) is 30.3 Å². The number of nitrogens with zero attached hydrogens (tertiary/aromatic N) is 1. The molecule has 2 aromatic rings. The van der Waals surface area contributed by atoms with Crippen molar-refractivity contribution in [3.05, 3.63) is 75.4 Å². The average molecular weight is 442 g/mol. The Kier molecular flexibility index (Phi) is 7.48. The minimum absolute atomic E-state index is 0.150. The first-order valence-corrected chi connectivity index (χ1v) is 10.9. The molecule has 1 aliphatic heterocycles. The van der Waals surface area contributed by atoms with Crippen LogP contribution in [0.25, 0.3) is 5.70 Å². The molecular weight excluding hydrogens is 418 g/mol. The first-order chi connectivity index (χ1) is 14.6. The second-order valence-electron chi connectivity index (χ2n) is 6.25. The van der Waals surface area contributed by atoms with Crippen LogP contribution in [-0.2, 0) is 11.3 Å². The van der Waals surface area contributed by atoms with Crippen molar-refractivity contribution in [2.24, 2.45) is 0 Å². The molecule has 0 aliphatic carbocycles. The van der Waals surface area contributed by atoms with Gasteiger partial charge >= 0.3 is 0 Å². The van der Waals surface area contributed by atoms with Gasteiger partial charge in [0.15, 0.2) is 5.17 Å². The van der Waals surface area contributed by atoms with E-state index in [9.17, 15) is 4.79 Å². The highest BCUT2D eigenvalue weighted by Gasteiger charge is 2.32. The number of thioether (sulfide) groups is 2. The summed E-state index contributed by atoms with van der Waals surface area (Å²) >= 11 is 2.56. The average Bonchev–Trinajstić information content (AvgIpc) is 3.04. The molecule has 8 heteroatoms. The van der Waals surface area contributed by atoms with Crippen molar-refractivity contribution in [2.75, 3.05) is 21.3 Å². The summed E-state index contributed by atoms with van der Waals surface area (Å²) < 4.78 is 10.7. The number of rotatable bonds is 8. The molecule has 1 fully saturated rings. The van der Waals surface area contributed by atoms with E-state index < -0.39 is 0 Å². The second kappa shape index (κ2) is 10.3. The number of nitrogens with one attached hydrogen (secondary N) is 2. The van der Waals surface area contributed by atoms with Gasteiger partial charge in [0.05, 0.1) is 31.4 Å². The van der Waals surface area contributed by atoms with Gasteiger partial charge in [-0.05, 0) is 40.3 Å². The molecule has 0 atom stereocenters. The van der Waals surface area contributed by atoms with E-state index >= 15 is 0 Å². The van der Waals surface area contributed by atoms with Crippen LogP contribution in [0.1, 0.15) is 11.1 Å². The SMILES string of the molecule is CN/C(=C\S/C=C1\SC(=N)N(Cc2ccccc2)C1=O)c1ccc(OC)cc1OC. The first kappa shape index (κ1) is 21.9. The molecular formula is C22H23N3O3S2. The number of carbonyl (C=O) groups excluding carboxylic acids is 1. The van der Waals surface area contributed by atoms with E-state index in [1.807, 2.05) is 61.0 Å². The van der Waals surface area contributed by atoms with Gasteiger partial charge < -0.3 is 14.8 Å². The Hall–Kier alpha value is -2.84. The van der Waals surface area contributed by atoms with Crippen LogP contribution >= 0.6 is 23.5 Å². The molecule has 0 bridgehead atoms. The van der Waals surface area contributed by atoms with Gasteiger partial charge in [0, 0.05) is 18.7 Å². The number of methoxy groups -OCH3 is 2. The predicted molar refractivity (Wildman–Crippen MR) is 125 cm³/mol. The third-order valence-corrected chi connectivity index (χ3v) is 6.24. The molecule has 30 heavy (non-hydrogen) atoms. The first-order valence-electron chi connectivity index (χ1n) is 9.15. The van der Waals surface area contributed by atoms with Crippen molar-refractivity contribution in [3.63, 3.8) is 0 Å². The topological polar surface area (TPSA) is 74.7 Å². The smallest absolute Gasteiger partial charge is 0.267 e. The zero-order valence-corrected chi connectivity index (χ0v) is 18.6. The molecule has 0 aromatic heterocycles. The van der Waals surface area contributed by atoms with E-state index in [1.165, 1.54) is 28.4 Å². The molecule has 0 spiro atoms. The van der Waals surface area contributed by atoms with E-state index in [2.05, 4.69) is 5.32 Å². The van der Waals surface area contributed by atoms with Gasteiger partial charge in [0.2, 0.25) is 0 Å². The largest absolute Gasteiger partial charge is 0.497 e. The number of carbonyl (C=O) groups is 1. The van der Waals surface area contributed by atoms with Crippen molar-refractivity contribution < 1.29 is 14.3 Å². The van der Waals surface area contributed by atoms with Gasteiger partial charge in [0.1, 0.15) is 11.5 Å². The Morgan fingerprint density at radius 2 is 1.97 bits per heavy atom. The fraction of sp³-hybridized carbons (Fsp3) is 0.182. The molecule has 2 aromatic carbocycles. The fourth-order valence-corrected chi connectivity index (χ4v) is 4.55. The molecule has 156 valence electrons. The molecule has 0 unspecified atom stereocenters. The molecule has 1 heterocycles. The normalized spacial score (nSPS) is 15.6. The summed E-state index contributed by atoms with van der Waals surface area (Å²) in [6.45, 7) is 0.397. The van der Waals surface area contributed by atoms with Crippen LogP contribution in [0.5, 0.6) is 11.5 Å². The number of amidine groups is 1. The van der Waals surface area contributed by atoms with E-state index in [-0.39, 0.29) is 11.1 Å². The van der Waals surface area contributed by atoms with Crippen molar-refractivity contribution in [1.82, 2.24) is 10.2 Å². The number of amides is 1. The van der Waals surface area contributed by atoms with Gasteiger partial charge in [-0.15, -0.1) is 11.8 Å². The molecule has 0 radical (unpaired) electrons. The van der Waals surface area contributed by atoms with Gasteiger partial charge in [-0.25, -0.2) is 0 Å². The van der Waals surface area contributed by atoms with E-state index in [0.717, 1.165) is 16.8 Å². The van der Waals surface area contributed by atoms with Crippen LogP contribution in [0.3, 0.4) is 0 Å². The van der Waals surface area contributed by atoms with Crippen molar-refractivity contribution in [1.29, 1.82) is 5.41 Å². The summed E-state index contributed by atoms with van der Waals surface area (Å²) in [5.74, 6) is 1.25. The lowest BCUT2D eigenvalue weighted by atomic mass is 10.1. The fourth-order valence-electron chi connectivity index (χ4n) is 2.85. The highest BCUT2D eigenvalue weighted by atomic mass is 32.2. The lowest BCUT2D eigenvalue weighted by Gasteiger charge is -2.14.